The van der Waals surface area contributed by atoms with Crippen molar-refractivity contribution in [2.24, 2.45) is 17.8 Å². The molecular weight excluding hydrogens is 424 g/mol. The molecule has 0 saturated heterocycles. The van der Waals surface area contributed by atoms with Crippen LogP contribution in [0.1, 0.15) is 38.8 Å². The van der Waals surface area contributed by atoms with Crippen LogP contribution in [0.25, 0.3) is 0 Å². The Morgan fingerprint density at radius 3 is 1.90 bits per heavy atom. The van der Waals surface area contributed by atoms with Crippen LogP contribution in [0, 0.1) is 17.8 Å². The minimum Gasteiger partial charge on any atom is -0.376 e. The van der Waals surface area contributed by atoms with Gasteiger partial charge in [0.05, 0.1) is 25.9 Å². The molecule has 2 aromatic rings. The highest BCUT2D eigenvalue weighted by molar-refractivity contribution is 9.09. The summed E-state index contributed by atoms with van der Waals surface area (Å²) in [6, 6.07) is 20.7. The van der Waals surface area contributed by atoms with E-state index >= 15 is 0 Å². The fraction of sp³-hybridized carbons (Fsp3) is 0.462. The van der Waals surface area contributed by atoms with Gasteiger partial charge < -0.3 is 9.47 Å². The zero-order valence-corrected chi connectivity index (χ0v) is 19.8. The predicted molar refractivity (Wildman–Crippen MR) is 126 cm³/mol. The molecule has 3 heteroatoms. The summed E-state index contributed by atoms with van der Waals surface area (Å²) in [5.74, 6) is 0.908. The number of hydrogen-bond acceptors (Lipinski definition) is 2. The molecule has 2 rings (SSSR count). The molecule has 0 aliphatic rings. The monoisotopic (exact) mass is 458 g/mol. The molecule has 0 aliphatic heterocycles. The van der Waals surface area contributed by atoms with Crippen LogP contribution in [-0.4, -0.2) is 17.5 Å². The van der Waals surface area contributed by atoms with Gasteiger partial charge in [-0.3, -0.25) is 0 Å². The highest BCUT2D eigenvalue weighted by Crippen LogP contribution is 2.34. The number of halogens is 1. The zero-order chi connectivity index (χ0) is 21.2. The summed E-state index contributed by atoms with van der Waals surface area (Å²) < 4.78 is 12.6. The molecule has 0 heterocycles. The van der Waals surface area contributed by atoms with Crippen molar-refractivity contribution in [1.82, 2.24) is 0 Å². The summed E-state index contributed by atoms with van der Waals surface area (Å²) >= 11 is 3.78. The van der Waals surface area contributed by atoms with Crippen molar-refractivity contribution in [2.75, 3.05) is 6.61 Å². The van der Waals surface area contributed by atoms with Gasteiger partial charge in [0, 0.05) is 16.7 Å². The Balaban J connectivity index is 2.09. The van der Waals surface area contributed by atoms with Gasteiger partial charge in [0.15, 0.2) is 0 Å². The van der Waals surface area contributed by atoms with Crippen molar-refractivity contribution in [1.29, 1.82) is 0 Å². The Bertz CT molecular complexity index is 714. The SMILES string of the molecule is C=C(C)C(C(OCc1ccccc1)C(C)COCc1ccccc1)[C@@H](C)[C@H](C)Br. The average Bonchev–Trinajstić information content (AvgIpc) is 2.71. The van der Waals surface area contributed by atoms with E-state index in [1.54, 1.807) is 0 Å². The smallest absolute Gasteiger partial charge is 0.0721 e. The summed E-state index contributed by atoms with van der Waals surface area (Å²) in [6.45, 7) is 15.0. The van der Waals surface area contributed by atoms with Crippen molar-refractivity contribution < 1.29 is 9.47 Å². The fourth-order valence-electron chi connectivity index (χ4n) is 3.73. The molecule has 29 heavy (non-hydrogen) atoms. The minimum absolute atomic E-state index is 0.0403. The van der Waals surface area contributed by atoms with Gasteiger partial charge in [-0.15, -0.1) is 0 Å². The molecule has 0 bridgehead atoms. The number of ether oxygens (including phenoxy) is 2. The summed E-state index contributed by atoms with van der Waals surface area (Å²) in [6.07, 6.45) is 0.0403. The maximum Gasteiger partial charge on any atom is 0.0721 e. The first-order valence-electron chi connectivity index (χ1n) is 10.5. The Morgan fingerprint density at radius 1 is 0.897 bits per heavy atom. The molecule has 0 radical (unpaired) electrons. The van der Waals surface area contributed by atoms with E-state index in [0.717, 1.165) is 5.57 Å². The molecule has 158 valence electrons. The summed E-state index contributed by atoms with van der Waals surface area (Å²) in [5, 5.41) is 0. The first kappa shape index (κ1) is 23.9. The number of rotatable bonds is 12. The van der Waals surface area contributed by atoms with Crippen molar-refractivity contribution in [2.45, 2.75) is 51.8 Å². The van der Waals surface area contributed by atoms with Gasteiger partial charge in [-0.05, 0) is 24.0 Å². The van der Waals surface area contributed by atoms with Crippen LogP contribution in [0.15, 0.2) is 72.8 Å². The van der Waals surface area contributed by atoms with Gasteiger partial charge in [0.2, 0.25) is 0 Å². The average molecular weight is 459 g/mol. The van der Waals surface area contributed by atoms with E-state index in [-0.39, 0.29) is 17.9 Å². The molecule has 5 atom stereocenters. The van der Waals surface area contributed by atoms with Gasteiger partial charge in [-0.2, -0.15) is 0 Å². The molecule has 0 aromatic heterocycles. The highest BCUT2D eigenvalue weighted by atomic mass is 79.9. The van der Waals surface area contributed by atoms with Gasteiger partial charge in [-0.1, -0.05) is 110 Å². The lowest BCUT2D eigenvalue weighted by Crippen LogP contribution is -2.39. The lowest BCUT2D eigenvalue weighted by Gasteiger charge is -2.37. The Labute approximate surface area is 185 Å². The van der Waals surface area contributed by atoms with E-state index in [4.69, 9.17) is 9.47 Å². The second kappa shape index (κ2) is 12.3. The Hall–Kier alpha value is -1.42. The van der Waals surface area contributed by atoms with E-state index < -0.39 is 0 Å². The Kier molecular flexibility index (Phi) is 10.1. The molecule has 2 aromatic carbocycles. The van der Waals surface area contributed by atoms with Crippen LogP contribution in [0.3, 0.4) is 0 Å². The zero-order valence-electron chi connectivity index (χ0n) is 18.2. The maximum absolute atomic E-state index is 6.53. The molecular formula is C26H35BrO2. The van der Waals surface area contributed by atoms with Crippen LogP contribution in [0.4, 0.5) is 0 Å². The Morgan fingerprint density at radius 2 is 1.41 bits per heavy atom. The largest absolute Gasteiger partial charge is 0.376 e. The lowest BCUT2D eigenvalue weighted by atomic mass is 9.78. The summed E-state index contributed by atoms with van der Waals surface area (Å²) in [7, 11) is 0. The second-order valence-corrected chi connectivity index (χ2v) is 9.59. The second-order valence-electron chi connectivity index (χ2n) is 8.15. The van der Waals surface area contributed by atoms with Crippen molar-refractivity contribution in [3.63, 3.8) is 0 Å². The van der Waals surface area contributed by atoms with E-state index in [1.165, 1.54) is 11.1 Å². The quantitative estimate of drug-likeness (QED) is 0.250. The van der Waals surface area contributed by atoms with Crippen LogP contribution < -0.4 is 0 Å². The molecule has 0 saturated carbocycles. The standard InChI is InChI=1S/C26H35BrO2/c1-19(2)25(21(4)22(5)27)26(29-18-24-14-10-7-11-15-24)20(3)16-28-17-23-12-8-6-9-13-23/h6-15,20-22,25-26H,1,16-18H2,2-5H3/t20?,21-,22-,25?,26?/m0/s1. The first-order valence-corrected chi connectivity index (χ1v) is 11.4. The van der Waals surface area contributed by atoms with E-state index in [9.17, 15) is 0 Å². The molecule has 3 unspecified atom stereocenters. The summed E-state index contributed by atoms with van der Waals surface area (Å²) in [4.78, 5) is 0.379. The van der Waals surface area contributed by atoms with Crippen LogP contribution in [-0.2, 0) is 22.7 Å². The number of hydrogen-bond donors (Lipinski definition) is 0. The minimum atomic E-state index is 0.0403. The van der Waals surface area contributed by atoms with Gasteiger partial charge in [0.1, 0.15) is 0 Å². The van der Waals surface area contributed by atoms with E-state index in [1.807, 2.05) is 24.3 Å². The predicted octanol–water partition coefficient (Wildman–Crippen LogP) is 7.04. The van der Waals surface area contributed by atoms with E-state index in [2.05, 4.69) is 86.6 Å². The maximum atomic E-state index is 6.53. The first-order chi connectivity index (χ1) is 13.9. The van der Waals surface area contributed by atoms with Gasteiger partial charge in [0.25, 0.3) is 0 Å². The lowest BCUT2D eigenvalue weighted by molar-refractivity contribution is -0.0607. The normalized spacial score (nSPS) is 16.6. The number of alkyl halides is 1. The molecule has 0 fully saturated rings. The molecule has 0 amide bonds. The number of benzene rings is 2. The molecule has 2 nitrogen and oxygen atoms in total. The van der Waals surface area contributed by atoms with Crippen molar-refractivity contribution in [3.8, 4) is 0 Å². The third-order valence-electron chi connectivity index (χ3n) is 5.55. The molecule has 0 spiro atoms. The van der Waals surface area contributed by atoms with Crippen molar-refractivity contribution >= 4 is 15.9 Å². The van der Waals surface area contributed by atoms with E-state index in [0.29, 0.717) is 30.6 Å². The summed E-state index contributed by atoms with van der Waals surface area (Å²) in [5.41, 5.74) is 3.55. The molecule has 0 N–H and O–H groups in total. The fourth-order valence-corrected chi connectivity index (χ4v) is 4.06. The van der Waals surface area contributed by atoms with Gasteiger partial charge in [-0.25, -0.2) is 0 Å². The van der Waals surface area contributed by atoms with Crippen molar-refractivity contribution in [3.05, 3.63) is 83.9 Å². The van der Waals surface area contributed by atoms with Crippen LogP contribution >= 0.6 is 15.9 Å². The van der Waals surface area contributed by atoms with Crippen LogP contribution in [0.5, 0.6) is 0 Å². The topological polar surface area (TPSA) is 18.5 Å². The third-order valence-corrected chi connectivity index (χ3v) is 6.39. The van der Waals surface area contributed by atoms with Gasteiger partial charge >= 0.3 is 0 Å². The molecule has 0 aliphatic carbocycles. The van der Waals surface area contributed by atoms with Crippen LogP contribution in [0.2, 0.25) is 0 Å². The third kappa shape index (κ3) is 7.73. The highest BCUT2D eigenvalue weighted by Gasteiger charge is 2.34.